The van der Waals surface area contributed by atoms with Gasteiger partial charge in [0.25, 0.3) is 5.91 Å². The van der Waals surface area contributed by atoms with Crippen LogP contribution in [0, 0.1) is 0 Å². The smallest absolute Gasteiger partial charge is 0.321 e. The van der Waals surface area contributed by atoms with Crippen LogP contribution >= 0.6 is 11.6 Å². The molecule has 0 unspecified atom stereocenters. The van der Waals surface area contributed by atoms with E-state index in [9.17, 15) is 9.59 Å². The Bertz CT molecular complexity index is 721. The van der Waals surface area contributed by atoms with Crippen LogP contribution in [-0.2, 0) is 16.1 Å². The summed E-state index contributed by atoms with van der Waals surface area (Å²) < 4.78 is 5.15. The molecule has 2 N–H and O–H groups in total. The largest absolute Gasteiger partial charge is 0.382 e. The summed E-state index contributed by atoms with van der Waals surface area (Å²) in [5.74, 6) is -0.246. The van der Waals surface area contributed by atoms with Gasteiger partial charge in [0.15, 0.2) is 0 Å². The number of halogens is 1. The van der Waals surface area contributed by atoms with Crippen LogP contribution < -0.4 is 10.6 Å². The highest BCUT2D eigenvalue weighted by Crippen LogP contribution is 2.23. The zero-order valence-corrected chi connectivity index (χ0v) is 14.5. The van der Waals surface area contributed by atoms with Gasteiger partial charge in [0.1, 0.15) is 6.54 Å². The number of carbonyl (C=O) groups excluding carboxylic acids is 2. The summed E-state index contributed by atoms with van der Waals surface area (Å²) in [6, 6.07) is 6.47. The molecule has 0 aliphatic carbocycles. The number of hydrogen-bond donors (Lipinski definition) is 2. The number of hydrogen-bond acceptors (Lipinski definition) is 6. The van der Waals surface area contributed by atoms with Gasteiger partial charge >= 0.3 is 6.03 Å². The molecule has 9 nitrogen and oxygen atoms in total. The van der Waals surface area contributed by atoms with Gasteiger partial charge in [-0.3, -0.25) is 10.1 Å². The zero-order valence-electron chi connectivity index (χ0n) is 13.7. The first kappa shape index (κ1) is 18.8. The number of urea groups is 1. The maximum atomic E-state index is 11.8. The number of rotatable bonds is 8. The van der Waals surface area contributed by atoms with Crippen LogP contribution in [0.5, 0.6) is 0 Å². The third-order valence-corrected chi connectivity index (χ3v) is 3.39. The summed E-state index contributed by atoms with van der Waals surface area (Å²) in [4.78, 5) is 24.5. The van der Waals surface area contributed by atoms with Crippen LogP contribution in [-0.4, -0.2) is 51.9 Å². The van der Waals surface area contributed by atoms with Gasteiger partial charge in [0.05, 0.1) is 5.02 Å². The van der Waals surface area contributed by atoms with Crippen LogP contribution in [0.25, 0.3) is 11.4 Å². The van der Waals surface area contributed by atoms with Crippen molar-refractivity contribution in [1.82, 2.24) is 30.8 Å². The van der Waals surface area contributed by atoms with Gasteiger partial charge in [-0.05, 0) is 30.7 Å². The molecule has 0 saturated carbocycles. The average molecular weight is 367 g/mol. The molecule has 0 atom stereocenters. The minimum absolute atomic E-state index is 0.232. The molecule has 2 aromatic rings. The lowest BCUT2D eigenvalue weighted by molar-refractivity contribution is -0.121. The van der Waals surface area contributed by atoms with E-state index < -0.39 is 11.9 Å². The molecule has 134 valence electrons. The maximum absolute atomic E-state index is 11.8. The molecule has 0 aliphatic heterocycles. The number of tetrazole rings is 1. The number of nitrogens with zero attached hydrogens (tertiary/aromatic N) is 4. The highest BCUT2D eigenvalue weighted by Gasteiger charge is 2.13. The van der Waals surface area contributed by atoms with Crippen molar-refractivity contribution in [2.24, 2.45) is 0 Å². The Morgan fingerprint density at radius 3 is 2.88 bits per heavy atom. The summed E-state index contributed by atoms with van der Waals surface area (Å²) in [5, 5.41) is 17.0. The van der Waals surface area contributed by atoms with E-state index in [0.717, 1.165) is 4.80 Å². The normalized spacial score (nSPS) is 10.5. The van der Waals surface area contributed by atoms with Crippen LogP contribution in [0.15, 0.2) is 24.3 Å². The van der Waals surface area contributed by atoms with Crippen LogP contribution in [0.1, 0.15) is 13.3 Å². The number of aromatic nitrogens is 4. The van der Waals surface area contributed by atoms with Crippen LogP contribution in [0.2, 0.25) is 5.02 Å². The average Bonchev–Trinajstić information content (AvgIpc) is 3.03. The second kappa shape index (κ2) is 9.70. The molecule has 2 rings (SSSR count). The fourth-order valence-corrected chi connectivity index (χ4v) is 2.14. The van der Waals surface area contributed by atoms with E-state index in [1.165, 1.54) is 0 Å². The molecular formula is C15H19ClN6O3. The topological polar surface area (TPSA) is 111 Å². The monoisotopic (exact) mass is 366 g/mol. The predicted octanol–water partition coefficient (Wildman–Crippen LogP) is 1.25. The van der Waals surface area contributed by atoms with Crippen LogP contribution in [0.4, 0.5) is 4.79 Å². The molecule has 10 heteroatoms. The number of benzene rings is 1. The summed E-state index contributed by atoms with van der Waals surface area (Å²) in [6.07, 6.45) is 0.668. The van der Waals surface area contributed by atoms with Crippen molar-refractivity contribution in [3.05, 3.63) is 29.3 Å². The molecule has 0 radical (unpaired) electrons. The summed E-state index contributed by atoms with van der Waals surface area (Å²) in [5.41, 5.74) is 0.614. The highest BCUT2D eigenvalue weighted by atomic mass is 35.5. The van der Waals surface area contributed by atoms with E-state index in [4.69, 9.17) is 16.3 Å². The highest BCUT2D eigenvalue weighted by molar-refractivity contribution is 6.33. The first-order valence-electron chi connectivity index (χ1n) is 7.78. The number of carbonyl (C=O) groups is 2. The lowest BCUT2D eigenvalue weighted by Crippen LogP contribution is -2.41. The molecule has 1 aromatic carbocycles. The molecule has 1 heterocycles. The van der Waals surface area contributed by atoms with E-state index in [1.54, 1.807) is 24.3 Å². The van der Waals surface area contributed by atoms with E-state index in [1.807, 2.05) is 6.92 Å². The first-order chi connectivity index (χ1) is 12.1. The molecule has 0 saturated heterocycles. The van der Waals surface area contributed by atoms with Gasteiger partial charge in [-0.2, -0.15) is 4.80 Å². The molecular weight excluding hydrogens is 348 g/mol. The van der Waals surface area contributed by atoms with E-state index >= 15 is 0 Å². The molecule has 25 heavy (non-hydrogen) atoms. The van der Waals surface area contributed by atoms with E-state index in [-0.39, 0.29) is 6.54 Å². The maximum Gasteiger partial charge on any atom is 0.321 e. The number of nitrogens with one attached hydrogen (secondary N) is 2. The van der Waals surface area contributed by atoms with E-state index in [2.05, 4.69) is 26.0 Å². The fourth-order valence-electron chi connectivity index (χ4n) is 1.92. The first-order valence-corrected chi connectivity index (χ1v) is 8.16. The third-order valence-electron chi connectivity index (χ3n) is 3.06. The van der Waals surface area contributed by atoms with Crippen molar-refractivity contribution >= 4 is 23.5 Å². The Labute approximate surface area is 149 Å². The van der Waals surface area contributed by atoms with Crippen molar-refractivity contribution in [3.63, 3.8) is 0 Å². The lowest BCUT2D eigenvalue weighted by atomic mass is 10.2. The molecule has 1 aromatic heterocycles. The summed E-state index contributed by atoms with van der Waals surface area (Å²) in [6.45, 7) is 3.26. The molecule has 0 aliphatic rings. The quantitative estimate of drug-likeness (QED) is 0.680. The molecule has 3 amide bonds. The Balaban J connectivity index is 1.79. The van der Waals surface area contributed by atoms with Crippen molar-refractivity contribution < 1.29 is 14.3 Å². The predicted molar refractivity (Wildman–Crippen MR) is 90.9 cm³/mol. The Hall–Kier alpha value is -2.52. The van der Waals surface area contributed by atoms with Gasteiger partial charge in [-0.15, -0.1) is 10.2 Å². The van der Waals surface area contributed by atoms with Gasteiger partial charge in [-0.1, -0.05) is 23.7 Å². The lowest BCUT2D eigenvalue weighted by Gasteiger charge is -2.06. The summed E-state index contributed by atoms with van der Waals surface area (Å²) >= 11 is 6.06. The van der Waals surface area contributed by atoms with Gasteiger partial charge in [-0.25, -0.2) is 4.79 Å². The molecule has 0 spiro atoms. The van der Waals surface area contributed by atoms with E-state index in [0.29, 0.717) is 42.6 Å². The van der Waals surface area contributed by atoms with Crippen molar-refractivity contribution in [2.75, 3.05) is 19.8 Å². The zero-order chi connectivity index (χ0) is 18.1. The van der Waals surface area contributed by atoms with Crippen molar-refractivity contribution in [1.29, 1.82) is 0 Å². The number of ether oxygens (including phenoxy) is 1. The Morgan fingerprint density at radius 2 is 2.12 bits per heavy atom. The minimum atomic E-state index is -0.576. The van der Waals surface area contributed by atoms with Crippen molar-refractivity contribution in [3.8, 4) is 11.4 Å². The molecule has 0 fully saturated rings. The molecule has 0 bridgehead atoms. The van der Waals surface area contributed by atoms with Gasteiger partial charge in [0.2, 0.25) is 5.82 Å². The minimum Gasteiger partial charge on any atom is -0.382 e. The Morgan fingerprint density at radius 1 is 1.32 bits per heavy atom. The Kier molecular flexibility index (Phi) is 7.30. The third kappa shape index (κ3) is 6.12. The van der Waals surface area contributed by atoms with Gasteiger partial charge < -0.3 is 10.1 Å². The summed E-state index contributed by atoms with van der Waals surface area (Å²) in [7, 11) is 0. The number of amides is 3. The van der Waals surface area contributed by atoms with Gasteiger partial charge in [0, 0.05) is 25.3 Å². The SMILES string of the molecule is CCOCCCNC(=O)NC(=O)Cn1nnc(-c2ccccc2Cl)n1. The standard InChI is InChI=1S/C15H19ClN6O3/c1-2-25-9-5-8-17-15(24)18-13(23)10-22-20-14(19-21-22)11-6-3-4-7-12(11)16/h3-4,6-7H,2,5,8-10H2,1H3,(H2,17,18,23,24). The second-order valence-corrected chi connectivity index (χ2v) is 5.39. The van der Waals surface area contributed by atoms with Crippen LogP contribution in [0.3, 0.4) is 0 Å². The number of imide groups is 1. The van der Waals surface area contributed by atoms with Crippen molar-refractivity contribution in [2.45, 2.75) is 19.9 Å². The fraction of sp³-hybridized carbons (Fsp3) is 0.400. The second-order valence-electron chi connectivity index (χ2n) is 4.98.